The van der Waals surface area contributed by atoms with Gasteiger partial charge in [0.25, 0.3) is 0 Å². The van der Waals surface area contributed by atoms with Crippen molar-refractivity contribution in [3.63, 3.8) is 0 Å². The third-order valence-electron chi connectivity index (χ3n) is 2.85. The van der Waals surface area contributed by atoms with E-state index < -0.39 is 0 Å². The first-order chi connectivity index (χ1) is 7.24. The molecule has 1 aliphatic heterocycles. The predicted molar refractivity (Wildman–Crippen MR) is 60.8 cm³/mol. The molecule has 1 fully saturated rings. The number of furan rings is 1. The van der Waals surface area contributed by atoms with Crippen molar-refractivity contribution >= 4 is 0 Å². The van der Waals surface area contributed by atoms with Crippen LogP contribution in [0.4, 0.5) is 0 Å². The molecule has 1 aromatic rings. The molecule has 0 amide bonds. The van der Waals surface area contributed by atoms with E-state index in [0.717, 1.165) is 37.7 Å². The minimum atomic E-state index is 0.587. The van der Waals surface area contributed by atoms with Crippen molar-refractivity contribution in [1.29, 1.82) is 0 Å². The smallest absolute Gasteiger partial charge is 0.118 e. The summed E-state index contributed by atoms with van der Waals surface area (Å²) in [5.41, 5.74) is 0. The van der Waals surface area contributed by atoms with Crippen molar-refractivity contribution in [2.24, 2.45) is 0 Å². The quantitative estimate of drug-likeness (QED) is 0.803. The molecule has 1 atom stereocenters. The van der Waals surface area contributed by atoms with Gasteiger partial charge in [0.2, 0.25) is 0 Å². The summed E-state index contributed by atoms with van der Waals surface area (Å²) in [6.07, 6.45) is 1.23. The van der Waals surface area contributed by atoms with E-state index in [0.29, 0.717) is 6.04 Å². The fraction of sp³-hybridized carbons (Fsp3) is 0.667. The van der Waals surface area contributed by atoms with E-state index in [-0.39, 0.29) is 0 Å². The van der Waals surface area contributed by atoms with Gasteiger partial charge >= 0.3 is 0 Å². The third kappa shape index (κ3) is 3.08. The zero-order valence-corrected chi connectivity index (χ0v) is 9.62. The van der Waals surface area contributed by atoms with E-state index >= 15 is 0 Å². The highest BCUT2D eigenvalue weighted by Gasteiger charge is 2.15. The van der Waals surface area contributed by atoms with Gasteiger partial charge in [0.1, 0.15) is 11.5 Å². The molecular formula is C12H20N2O. The highest BCUT2D eigenvalue weighted by atomic mass is 16.3. The summed E-state index contributed by atoms with van der Waals surface area (Å²) in [5.74, 6) is 2.09. The van der Waals surface area contributed by atoms with Gasteiger partial charge in [-0.15, -0.1) is 0 Å². The first-order valence-electron chi connectivity index (χ1n) is 5.75. The van der Waals surface area contributed by atoms with E-state index in [9.17, 15) is 0 Å². The zero-order valence-electron chi connectivity index (χ0n) is 9.62. The van der Waals surface area contributed by atoms with Crippen molar-refractivity contribution in [2.45, 2.75) is 32.9 Å². The number of hydrogen-bond acceptors (Lipinski definition) is 3. The van der Waals surface area contributed by atoms with Gasteiger partial charge in [-0.1, -0.05) is 0 Å². The van der Waals surface area contributed by atoms with Gasteiger partial charge in [-0.2, -0.15) is 0 Å². The molecule has 1 aliphatic rings. The summed E-state index contributed by atoms with van der Waals surface area (Å²) in [6, 6.07) is 4.70. The Hall–Kier alpha value is -0.800. The van der Waals surface area contributed by atoms with Crippen LogP contribution in [-0.2, 0) is 6.54 Å². The molecule has 15 heavy (non-hydrogen) atoms. The number of nitrogens with one attached hydrogen (secondary N) is 1. The average molecular weight is 208 g/mol. The Labute approximate surface area is 91.4 Å². The van der Waals surface area contributed by atoms with Crippen molar-refractivity contribution in [3.8, 4) is 0 Å². The minimum absolute atomic E-state index is 0.587. The van der Waals surface area contributed by atoms with E-state index in [1.807, 2.05) is 13.0 Å². The van der Waals surface area contributed by atoms with Crippen molar-refractivity contribution in [3.05, 3.63) is 23.7 Å². The summed E-state index contributed by atoms with van der Waals surface area (Å²) < 4.78 is 5.60. The lowest BCUT2D eigenvalue weighted by molar-refractivity contribution is 0.242. The molecule has 0 bridgehead atoms. The summed E-state index contributed by atoms with van der Waals surface area (Å²) in [6.45, 7) is 8.59. The second kappa shape index (κ2) is 4.81. The molecule has 0 aromatic carbocycles. The Morgan fingerprint density at radius 2 is 2.40 bits per heavy atom. The molecule has 0 radical (unpaired) electrons. The maximum atomic E-state index is 5.60. The Morgan fingerprint density at radius 1 is 1.53 bits per heavy atom. The van der Waals surface area contributed by atoms with E-state index in [1.54, 1.807) is 0 Å². The van der Waals surface area contributed by atoms with Gasteiger partial charge in [0.15, 0.2) is 0 Å². The van der Waals surface area contributed by atoms with Crippen LogP contribution in [0, 0.1) is 6.92 Å². The molecule has 1 saturated heterocycles. The lowest BCUT2D eigenvalue weighted by atomic mass is 10.3. The van der Waals surface area contributed by atoms with Crippen molar-refractivity contribution in [1.82, 2.24) is 10.2 Å². The highest BCUT2D eigenvalue weighted by molar-refractivity contribution is 5.05. The summed E-state index contributed by atoms with van der Waals surface area (Å²) >= 11 is 0. The lowest BCUT2D eigenvalue weighted by Crippen LogP contribution is -2.34. The van der Waals surface area contributed by atoms with Crippen molar-refractivity contribution < 1.29 is 4.42 Å². The Morgan fingerprint density at radius 3 is 3.13 bits per heavy atom. The topological polar surface area (TPSA) is 28.4 Å². The van der Waals surface area contributed by atoms with Gasteiger partial charge in [-0.05, 0) is 45.5 Å². The SMILES string of the molecule is Cc1ccc(CN2CCCNC(C)C2)o1. The van der Waals surface area contributed by atoms with Gasteiger partial charge in [-0.25, -0.2) is 0 Å². The fourth-order valence-electron chi connectivity index (χ4n) is 2.13. The maximum Gasteiger partial charge on any atom is 0.118 e. The van der Waals surface area contributed by atoms with E-state index in [1.165, 1.54) is 6.42 Å². The van der Waals surface area contributed by atoms with E-state index in [4.69, 9.17) is 4.42 Å². The second-order valence-electron chi connectivity index (χ2n) is 4.46. The molecule has 3 heteroatoms. The Bertz CT molecular complexity index is 308. The molecule has 0 saturated carbocycles. The first kappa shape index (κ1) is 10.7. The predicted octanol–water partition coefficient (Wildman–Crippen LogP) is 1.77. The van der Waals surface area contributed by atoms with Crippen LogP contribution in [-0.4, -0.2) is 30.6 Å². The van der Waals surface area contributed by atoms with Crippen LogP contribution >= 0.6 is 0 Å². The van der Waals surface area contributed by atoms with Gasteiger partial charge in [0.05, 0.1) is 6.54 Å². The molecule has 2 rings (SSSR count). The second-order valence-corrected chi connectivity index (χ2v) is 4.46. The number of rotatable bonds is 2. The molecule has 1 aromatic heterocycles. The average Bonchev–Trinajstić information content (AvgIpc) is 2.46. The van der Waals surface area contributed by atoms with Crippen LogP contribution in [0.3, 0.4) is 0 Å². The van der Waals surface area contributed by atoms with Crippen LogP contribution in [0.5, 0.6) is 0 Å². The number of aryl methyl sites for hydroxylation is 1. The largest absolute Gasteiger partial charge is 0.465 e. The molecule has 1 N–H and O–H groups in total. The summed E-state index contributed by atoms with van der Waals surface area (Å²) in [5, 5.41) is 3.49. The fourth-order valence-corrected chi connectivity index (χ4v) is 2.13. The van der Waals surface area contributed by atoms with E-state index in [2.05, 4.69) is 23.2 Å². The standard InChI is InChI=1S/C12H20N2O/c1-10-8-14(7-3-6-13-10)9-12-5-4-11(2)15-12/h4-5,10,13H,3,6-9H2,1-2H3. The summed E-state index contributed by atoms with van der Waals surface area (Å²) in [7, 11) is 0. The summed E-state index contributed by atoms with van der Waals surface area (Å²) in [4.78, 5) is 2.46. The molecule has 3 nitrogen and oxygen atoms in total. The van der Waals surface area contributed by atoms with Crippen LogP contribution < -0.4 is 5.32 Å². The Kier molecular flexibility index (Phi) is 3.44. The molecule has 1 unspecified atom stereocenters. The normalized spacial score (nSPS) is 24.0. The van der Waals surface area contributed by atoms with Crippen LogP contribution in [0.25, 0.3) is 0 Å². The number of hydrogen-bond donors (Lipinski definition) is 1. The van der Waals surface area contributed by atoms with Crippen LogP contribution in [0.1, 0.15) is 24.9 Å². The van der Waals surface area contributed by atoms with Gasteiger partial charge < -0.3 is 9.73 Å². The van der Waals surface area contributed by atoms with Gasteiger partial charge in [-0.3, -0.25) is 4.90 Å². The monoisotopic (exact) mass is 208 g/mol. The zero-order chi connectivity index (χ0) is 10.7. The third-order valence-corrected chi connectivity index (χ3v) is 2.85. The minimum Gasteiger partial charge on any atom is -0.465 e. The number of nitrogens with zero attached hydrogens (tertiary/aromatic N) is 1. The van der Waals surface area contributed by atoms with Crippen molar-refractivity contribution in [2.75, 3.05) is 19.6 Å². The molecule has 84 valence electrons. The lowest BCUT2D eigenvalue weighted by Gasteiger charge is -2.20. The molecule has 2 heterocycles. The highest BCUT2D eigenvalue weighted by Crippen LogP contribution is 2.11. The molecular weight excluding hydrogens is 188 g/mol. The molecule has 0 spiro atoms. The van der Waals surface area contributed by atoms with Crippen LogP contribution in [0.2, 0.25) is 0 Å². The van der Waals surface area contributed by atoms with Gasteiger partial charge in [0, 0.05) is 12.6 Å². The Balaban J connectivity index is 1.92. The first-order valence-corrected chi connectivity index (χ1v) is 5.75. The molecule has 0 aliphatic carbocycles. The van der Waals surface area contributed by atoms with Crippen LogP contribution in [0.15, 0.2) is 16.5 Å². The maximum absolute atomic E-state index is 5.60.